The summed E-state index contributed by atoms with van der Waals surface area (Å²) in [6.45, 7) is 0. The van der Waals surface area contributed by atoms with Gasteiger partial charge in [0.15, 0.2) is 11.0 Å². The van der Waals surface area contributed by atoms with E-state index in [1.54, 1.807) is 38.5 Å². The van der Waals surface area contributed by atoms with Gasteiger partial charge in [0.1, 0.15) is 11.5 Å². The minimum Gasteiger partial charge on any atom is -0.497 e. The molecule has 0 aliphatic carbocycles. The highest BCUT2D eigenvalue weighted by Gasteiger charge is 2.18. The second-order valence-corrected chi connectivity index (χ2v) is 8.26. The van der Waals surface area contributed by atoms with E-state index in [0.29, 0.717) is 27.4 Å². The van der Waals surface area contributed by atoms with Crippen molar-refractivity contribution in [1.82, 2.24) is 14.8 Å². The van der Waals surface area contributed by atoms with Gasteiger partial charge in [0.2, 0.25) is 5.91 Å². The average molecular weight is 481 g/mol. The van der Waals surface area contributed by atoms with E-state index >= 15 is 0 Å². The van der Waals surface area contributed by atoms with Crippen molar-refractivity contribution in [2.24, 2.45) is 0 Å². The molecule has 1 aromatic heterocycles. The molecule has 1 heterocycles. The van der Waals surface area contributed by atoms with Gasteiger partial charge in [0, 0.05) is 16.3 Å². The van der Waals surface area contributed by atoms with Gasteiger partial charge in [-0.25, -0.2) is 0 Å². The largest absolute Gasteiger partial charge is 0.497 e. The third kappa shape index (κ3) is 5.30. The van der Waals surface area contributed by atoms with Crippen LogP contribution in [0.3, 0.4) is 0 Å². The summed E-state index contributed by atoms with van der Waals surface area (Å²) in [5, 5.41) is 12.8. The molecule has 0 aliphatic rings. The van der Waals surface area contributed by atoms with Crippen molar-refractivity contribution in [3.05, 3.63) is 77.8 Å². The molecule has 0 spiro atoms. The van der Waals surface area contributed by atoms with E-state index in [2.05, 4.69) is 15.5 Å². The average Bonchev–Trinajstić information content (AvgIpc) is 3.27. The first-order valence-corrected chi connectivity index (χ1v) is 11.4. The predicted molar refractivity (Wildman–Crippen MR) is 131 cm³/mol. The van der Waals surface area contributed by atoms with Crippen LogP contribution in [0.15, 0.2) is 78.0 Å². The molecule has 168 valence electrons. The standard InChI is InChI=1S/C24H21ClN4O3S/c1-31-19-13-11-18(12-14-19)29-23(16-7-9-17(25)10-8-16)27-28-24(29)33-15-22(30)26-20-5-3-4-6-21(20)32-2/h3-14H,15H2,1-2H3,(H,26,30). The van der Waals surface area contributed by atoms with Crippen LogP contribution >= 0.6 is 23.4 Å². The van der Waals surface area contributed by atoms with Crippen LogP contribution in [-0.2, 0) is 4.79 Å². The molecule has 0 bridgehead atoms. The molecule has 7 nitrogen and oxygen atoms in total. The van der Waals surface area contributed by atoms with E-state index in [9.17, 15) is 4.79 Å². The molecule has 0 fully saturated rings. The topological polar surface area (TPSA) is 78.3 Å². The third-order valence-electron chi connectivity index (χ3n) is 4.78. The van der Waals surface area contributed by atoms with Crippen LogP contribution in [0.25, 0.3) is 17.1 Å². The summed E-state index contributed by atoms with van der Waals surface area (Å²) in [5.41, 5.74) is 2.32. The zero-order valence-corrected chi connectivity index (χ0v) is 19.6. The number of anilines is 1. The van der Waals surface area contributed by atoms with E-state index in [0.717, 1.165) is 17.0 Å². The number of carbonyl (C=O) groups is 1. The van der Waals surface area contributed by atoms with Crippen molar-refractivity contribution in [1.29, 1.82) is 0 Å². The summed E-state index contributed by atoms with van der Waals surface area (Å²) >= 11 is 7.34. The Hall–Kier alpha value is -3.49. The molecule has 3 aromatic carbocycles. The van der Waals surface area contributed by atoms with Gasteiger partial charge in [-0.2, -0.15) is 0 Å². The number of methoxy groups -OCH3 is 2. The Bertz CT molecular complexity index is 1240. The number of rotatable bonds is 8. The Morgan fingerprint density at radius 3 is 2.39 bits per heavy atom. The molecule has 1 amide bonds. The number of halogens is 1. The van der Waals surface area contributed by atoms with Crippen molar-refractivity contribution in [3.8, 4) is 28.6 Å². The number of amides is 1. The minimum atomic E-state index is -0.179. The van der Waals surface area contributed by atoms with Crippen molar-refractivity contribution < 1.29 is 14.3 Å². The highest BCUT2D eigenvalue weighted by molar-refractivity contribution is 7.99. The third-order valence-corrected chi connectivity index (χ3v) is 5.96. The van der Waals surface area contributed by atoms with E-state index < -0.39 is 0 Å². The number of nitrogens with zero attached hydrogens (tertiary/aromatic N) is 3. The van der Waals surface area contributed by atoms with Gasteiger partial charge in [-0.05, 0) is 60.7 Å². The number of carbonyl (C=O) groups excluding carboxylic acids is 1. The van der Waals surface area contributed by atoms with Gasteiger partial charge >= 0.3 is 0 Å². The first kappa shape index (κ1) is 22.7. The Balaban J connectivity index is 1.60. The van der Waals surface area contributed by atoms with Crippen LogP contribution in [0, 0.1) is 0 Å². The van der Waals surface area contributed by atoms with E-state index in [1.165, 1.54) is 11.8 Å². The zero-order valence-electron chi connectivity index (χ0n) is 18.0. The van der Waals surface area contributed by atoms with Crippen LogP contribution in [0.4, 0.5) is 5.69 Å². The second-order valence-electron chi connectivity index (χ2n) is 6.88. The first-order chi connectivity index (χ1) is 16.1. The summed E-state index contributed by atoms with van der Waals surface area (Å²) in [5.74, 6) is 1.95. The number of thioether (sulfide) groups is 1. The number of aromatic nitrogens is 3. The summed E-state index contributed by atoms with van der Waals surface area (Å²) in [7, 11) is 3.18. The Kier molecular flexibility index (Phi) is 7.16. The highest BCUT2D eigenvalue weighted by atomic mass is 35.5. The second kappa shape index (κ2) is 10.4. The Morgan fingerprint density at radius 2 is 1.70 bits per heavy atom. The van der Waals surface area contributed by atoms with Crippen LogP contribution in [0.2, 0.25) is 5.02 Å². The number of benzene rings is 3. The fourth-order valence-corrected chi connectivity index (χ4v) is 4.06. The maximum absolute atomic E-state index is 12.6. The van der Waals surface area contributed by atoms with Gasteiger partial charge in [-0.15, -0.1) is 10.2 Å². The monoisotopic (exact) mass is 480 g/mol. The number of para-hydroxylation sites is 2. The van der Waals surface area contributed by atoms with Crippen molar-refractivity contribution in [3.63, 3.8) is 0 Å². The van der Waals surface area contributed by atoms with Gasteiger partial charge in [0.05, 0.1) is 25.7 Å². The number of hydrogen-bond donors (Lipinski definition) is 1. The normalized spacial score (nSPS) is 10.6. The van der Waals surface area contributed by atoms with E-state index in [4.69, 9.17) is 21.1 Å². The molecular weight excluding hydrogens is 460 g/mol. The molecule has 0 unspecified atom stereocenters. The van der Waals surface area contributed by atoms with Crippen molar-refractivity contribution >= 4 is 35.0 Å². The molecule has 0 radical (unpaired) electrons. The van der Waals surface area contributed by atoms with Crippen molar-refractivity contribution in [2.45, 2.75) is 5.16 Å². The molecule has 0 aliphatic heterocycles. The van der Waals surface area contributed by atoms with Gasteiger partial charge in [0.25, 0.3) is 0 Å². The molecule has 0 atom stereocenters. The lowest BCUT2D eigenvalue weighted by Gasteiger charge is -2.12. The molecular formula is C24H21ClN4O3S. The fraction of sp³-hybridized carbons (Fsp3) is 0.125. The number of nitrogens with one attached hydrogen (secondary N) is 1. The maximum atomic E-state index is 12.6. The summed E-state index contributed by atoms with van der Waals surface area (Å²) in [4.78, 5) is 12.6. The molecule has 0 saturated heterocycles. The smallest absolute Gasteiger partial charge is 0.234 e. The lowest BCUT2D eigenvalue weighted by Crippen LogP contribution is -2.15. The molecule has 9 heteroatoms. The Labute approximate surface area is 200 Å². The summed E-state index contributed by atoms with van der Waals surface area (Å²) < 4.78 is 12.5. The molecule has 4 aromatic rings. The quantitative estimate of drug-likeness (QED) is 0.343. The lowest BCUT2D eigenvalue weighted by molar-refractivity contribution is -0.113. The van der Waals surface area contributed by atoms with Gasteiger partial charge < -0.3 is 14.8 Å². The number of ether oxygens (including phenoxy) is 2. The molecule has 33 heavy (non-hydrogen) atoms. The number of hydrogen-bond acceptors (Lipinski definition) is 6. The Morgan fingerprint density at radius 1 is 0.970 bits per heavy atom. The fourth-order valence-electron chi connectivity index (χ4n) is 3.18. The molecule has 1 N–H and O–H groups in total. The van der Waals surface area contributed by atoms with E-state index in [-0.39, 0.29) is 11.7 Å². The van der Waals surface area contributed by atoms with Crippen LogP contribution in [0.5, 0.6) is 11.5 Å². The van der Waals surface area contributed by atoms with Crippen molar-refractivity contribution in [2.75, 3.05) is 25.3 Å². The minimum absolute atomic E-state index is 0.146. The first-order valence-electron chi connectivity index (χ1n) is 10.0. The van der Waals surface area contributed by atoms with Gasteiger partial charge in [-0.3, -0.25) is 9.36 Å². The zero-order chi connectivity index (χ0) is 23.2. The maximum Gasteiger partial charge on any atom is 0.234 e. The van der Waals surface area contributed by atoms with Crippen LogP contribution in [-0.4, -0.2) is 40.6 Å². The van der Waals surface area contributed by atoms with E-state index in [1.807, 2.05) is 53.1 Å². The van der Waals surface area contributed by atoms with Crippen LogP contribution in [0.1, 0.15) is 0 Å². The SMILES string of the molecule is COc1ccc(-n2c(SCC(=O)Nc3ccccc3OC)nnc2-c2ccc(Cl)cc2)cc1. The lowest BCUT2D eigenvalue weighted by atomic mass is 10.2. The molecule has 4 rings (SSSR count). The van der Waals surface area contributed by atoms with Gasteiger partial charge in [-0.1, -0.05) is 35.5 Å². The molecule has 0 saturated carbocycles. The highest BCUT2D eigenvalue weighted by Crippen LogP contribution is 2.30. The summed E-state index contributed by atoms with van der Waals surface area (Å²) in [6.07, 6.45) is 0. The summed E-state index contributed by atoms with van der Waals surface area (Å²) in [6, 6.07) is 22.2. The van der Waals surface area contributed by atoms with Crippen LogP contribution < -0.4 is 14.8 Å². The predicted octanol–water partition coefficient (Wildman–Crippen LogP) is 5.34.